The molecule has 0 aliphatic heterocycles. The molecule has 4 N–H and O–H groups in total. The minimum absolute atomic E-state index is 0.0679. The summed E-state index contributed by atoms with van der Waals surface area (Å²) in [5.74, 6) is -0.438. The smallest absolute Gasteiger partial charge is 0.407 e. The van der Waals surface area contributed by atoms with Crippen molar-refractivity contribution in [3.05, 3.63) is 52.0 Å². The standard InChI is InChI=1S/C27H35N5O7S/c1-6-18-22(38-16(2)30-18)24(35)31-25-32(11-8-7-10-29-26(36)39-27(3,4)5)21-19(37-13-9-12-33)14-17(23(28)34)15-20(21)40-25/h7-8,14-15,33H,6,9-13H2,1-5H3,(H2,28,34)(H,29,36)/b8-7+,31-25-. The number of aliphatic hydroxyl groups is 1. The van der Waals surface area contributed by atoms with Crippen LogP contribution in [0.15, 0.2) is 33.7 Å². The first kappa shape index (κ1) is 30.6. The van der Waals surface area contributed by atoms with Gasteiger partial charge in [0.2, 0.25) is 11.7 Å². The first-order valence-electron chi connectivity index (χ1n) is 12.8. The second kappa shape index (κ2) is 13.4. The van der Waals surface area contributed by atoms with Gasteiger partial charge in [0.05, 0.1) is 17.0 Å². The summed E-state index contributed by atoms with van der Waals surface area (Å²) in [6, 6.07) is 3.14. The third-order valence-corrected chi connectivity index (χ3v) is 6.36. The Labute approximate surface area is 235 Å². The van der Waals surface area contributed by atoms with Gasteiger partial charge in [0.1, 0.15) is 16.9 Å². The zero-order chi connectivity index (χ0) is 29.4. The molecule has 3 aromatic rings. The normalized spacial score (nSPS) is 12.3. The van der Waals surface area contributed by atoms with Gasteiger partial charge >= 0.3 is 12.0 Å². The Hall–Kier alpha value is -3.97. The number of alkyl carbamates (subject to hydrolysis) is 1. The molecule has 1 aromatic carbocycles. The Morgan fingerprint density at radius 2 is 2.02 bits per heavy atom. The summed E-state index contributed by atoms with van der Waals surface area (Å²) in [5, 5.41) is 11.9. The Bertz CT molecular complexity index is 1480. The second-order valence-electron chi connectivity index (χ2n) is 9.74. The molecular formula is C27H35N5O7S. The molecule has 2 heterocycles. The predicted molar refractivity (Wildman–Crippen MR) is 149 cm³/mol. The number of thiazole rings is 1. The van der Waals surface area contributed by atoms with E-state index in [2.05, 4.69) is 15.3 Å². The van der Waals surface area contributed by atoms with Crippen molar-refractivity contribution in [1.29, 1.82) is 0 Å². The average Bonchev–Trinajstić information content (AvgIpc) is 3.42. The van der Waals surface area contributed by atoms with Gasteiger partial charge in [-0.1, -0.05) is 30.4 Å². The highest BCUT2D eigenvalue weighted by molar-refractivity contribution is 7.16. The Morgan fingerprint density at radius 3 is 2.67 bits per heavy atom. The molecule has 3 amide bonds. The minimum Gasteiger partial charge on any atom is -0.491 e. The van der Waals surface area contributed by atoms with Crippen molar-refractivity contribution in [2.45, 2.75) is 59.6 Å². The van der Waals surface area contributed by atoms with E-state index in [-0.39, 0.29) is 37.6 Å². The van der Waals surface area contributed by atoms with Crippen LogP contribution in [0.5, 0.6) is 5.75 Å². The highest BCUT2D eigenvalue weighted by Crippen LogP contribution is 2.30. The molecule has 0 unspecified atom stereocenters. The van der Waals surface area contributed by atoms with E-state index in [0.717, 1.165) is 0 Å². The molecule has 0 atom stereocenters. The summed E-state index contributed by atoms with van der Waals surface area (Å²) in [6.07, 6.45) is 3.87. The maximum Gasteiger partial charge on any atom is 0.407 e. The van der Waals surface area contributed by atoms with E-state index in [9.17, 15) is 19.5 Å². The van der Waals surface area contributed by atoms with E-state index in [1.165, 1.54) is 17.4 Å². The summed E-state index contributed by atoms with van der Waals surface area (Å²) in [6.45, 7) is 9.46. The van der Waals surface area contributed by atoms with E-state index in [1.807, 2.05) is 6.92 Å². The van der Waals surface area contributed by atoms with E-state index in [1.54, 1.807) is 50.5 Å². The lowest BCUT2D eigenvalue weighted by atomic mass is 10.2. The maximum absolute atomic E-state index is 13.2. The van der Waals surface area contributed by atoms with Gasteiger partial charge in [0.25, 0.3) is 0 Å². The molecule has 0 bridgehead atoms. The summed E-state index contributed by atoms with van der Waals surface area (Å²) in [4.78, 5) is 46.0. The number of allylic oxidation sites excluding steroid dienone is 1. The van der Waals surface area contributed by atoms with Crippen LogP contribution < -0.4 is 20.6 Å². The number of nitrogens with one attached hydrogen (secondary N) is 1. The zero-order valence-electron chi connectivity index (χ0n) is 23.3. The number of nitrogens with two attached hydrogens (primary N) is 1. The number of ether oxygens (including phenoxy) is 2. The highest BCUT2D eigenvalue weighted by Gasteiger charge is 2.20. The Morgan fingerprint density at radius 1 is 1.27 bits per heavy atom. The van der Waals surface area contributed by atoms with E-state index >= 15 is 0 Å². The number of hydrogen-bond acceptors (Lipinski definition) is 9. The van der Waals surface area contributed by atoms with Crippen LogP contribution in [-0.4, -0.2) is 57.9 Å². The molecule has 0 aliphatic carbocycles. The number of carbonyl (C=O) groups excluding carboxylic acids is 3. The van der Waals surface area contributed by atoms with Crippen molar-refractivity contribution in [3.63, 3.8) is 0 Å². The number of aliphatic hydroxyl groups excluding tert-OH is 1. The number of carbonyl (C=O) groups is 3. The third-order valence-electron chi connectivity index (χ3n) is 5.33. The molecule has 0 saturated heterocycles. The van der Waals surface area contributed by atoms with E-state index in [0.29, 0.717) is 45.2 Å². The van der Waals surface area contributed by atoms with Crippen molar-refractivity contribution in [2.75, 3.05) is 19.8 Å². The van der Waals surface area contributed by atoms with Crippen LogP contribution >= 0.6 is 11.3 Å². The zero-order valence-corrected chi connectivity index (χ0v) is 24.1. The molecule has 0 fully saturated rings. The number of amides is 3. The number of oxazole rings is 1. The fraction of sp³-hybridized carbons (Fsp3) is 0.444. The quantitative estimate of drug-likeness (QED) is 0.232. The van der Waals surface area contributed by atoms with Crippen LogP contribution in [-0.2, 0) is 17.7 Å². The first-order chi connectivity index (χ1) is 18.9. The molecule has 3 rings (SSSR count). The molecule has 40 heavy (non-hydrogen) atoms. The molecule has 13 heteroatoms. The molecule has 0 radical (unpaired) electrons. The summed E-state index contributed by atoms with van der Waals surface area (Å²) in [5.41, 5.74) is 6.27. The molecule has 2 aromatic heterocycles. The minimum atomic E-state index is -0.638. The monoisotopic (exact) mass is 573 g/mol. The average molecular weight is 574 g/mol. The number of rotatable bonds is 11. The molecule has 0 saturated carbocycles. The number of fused-ring (bicyclic) bond motifs is 1. The second-order valence-corrected chi connectivity index (χ2v) is 10.7. The van der Waals surface area contributed by atoms with Crippen LogP contribution in [0, 0.1) is 6.92 Å². The lowest BCUT2D eigenvalue weighted by Crippen LogP contribution is -2.32. The van der Waals surface area contributed by atoms with Gasteiger partial charge in [-0.2, -0.15) is 4.99 Å². The highest BCUT2D eigenvalue weighted by atomic mass is 32.1. The number of primary amides is 1. The van der Waals surface area contributed by atoms with Gasteiger partial charge in [0.15, 0.2) is 10.7 Å². The molecule has 0 aliphatic rings. The lowest BCUT2D eigenvalue weighted by Gasteiger charge is -2.19. The van der Waals surface area contributed by atoms with Gasteiger partial charge in [-0.15, -0.1) is 0 Å². The molecule has 12 nitrogen and oxygen atoms in total. The SMILES string of the molecule is CCc1nc(C)oc1C(=O)/N=c1\sc2cc(C(N)=O)cc(OCCCO)c2n1C/C=C/CNC(=O)OC(C)(C)C. The summed E-state index contributed by atoms with van der Waals surface area (Å²) in [7, 11) is 0. The summed E-state index contributed by atoms with van der Waals surface area (Å²) >= 11 is 1.18. The lowest BCUT2D eigenvalue weighted by molar-refractivity contribution is 0.0533. The van der Waals surface area contributed by atoms with Crippen molar-refractivity contribution in [3.8, 4) is 5.75 Å². The van der Waals surface area contributed by atoms with Crippen molar-refractivity contribution < 1.29 is 33.4 Å². The maximum atomic E-state index is 13.2. The molecular weight excluding hydrogens is 538 g/mol. The molecule has 0 spiro atoms. The van der Waals surface area contributed by atoms with Gasteiger partial charge in [0, 0.05) is 38.6 Å². The Balaban J connectivity index is 2.05. The largest absolute Gasteiger partial charge is 0.491 e. The van der Waals surface area contributed by atoms with Crippen molar-refractivity contribution in [2.24, 2.45) is 10.7 Å². The van der Waals surface area contributed by atoms with Crippen molar-refractivity contribution in [1.82, 2.24) is 14.9 Å². The first-order valence-corrected chi connectivity index (χ1v) is 13.6. The van der Waals surface area contributed by atoms with Crippen LogP contribution in [0.3, 0.4) is 0 Å². The van der Waals surface area contributed by atoms with Crippen LogP contribution in [0.2, 0.25) is 0 Å². The van der Waals surface area contributed by atoms with E-state index < -0.39 is 23.5 Å². The van der Waals surface area contributed by atoms with E-state index in [4.69, 9.17) is 19.6 Å². The van der Waals surface area contributed by atoms with Gasteiger partial charge in [-0.25, -0.2) is 9.78 Å². The van der Waals surface area contributed by atoms with Gasteiger partial charge < -0.3 is 34.6 Å². The number of aromatic nitrogens is 2. The topological polar surface area (TPSA) is 171 Å². The fourth-order valence-corrected chi connectivity index (χ4v) is 4.76. The summed E-state index contributed by atoms with van der Waals surface area (Å²) < 4.78 is 19.1. The fourth-order valence-electron chi connectivity index (χ4n) is 3.66. The predicted octanol–water partition coefficient (Wildman–Crippen LogP) is 3.24. The third kappa shape index (κ3) is 8.02. The van der Waals surface area contributed by atoms with Crippen LogP contribution in [0.25, 0.3) is 10.2 Å². The van der Waals surface area contributed by atoms with Crippen LogP contribution in [0.4, 0.5) is 4.79 Å². The van der Waals surface area contributed by atoms with Gasteiger partial charge in [-0.3, -0.25) is 9.59 Å². The number of benzene rings is 1. The Kier molecular flexibility index (Phi) is 10.2. The van der Waals surface area contributed by atoms with Crippen LogP contribution in [0.1, 0.15) is 66.6 Å². The van der Waals surface area contributed by atoms with Crippen molar-refractivity contribution >= 4 is 39.5 Å². The number of hydrogen-bond donors (Lipinski definition) is 3. The van der Waals surface area contributed by atoms with Gasteiger partial charge in [-0.05, 0) is 39.3 Å². The number of nitrogens with zero attached hydrogens (tertiary/aromatic N) is 3. The molecule has 216 valence electrons. The number of aryl methyl sites for hydroxylation is 2.